The highest BCUT2D eigenvalue weighted by molar-refractivity contribution is 7.16. The number of nitrogens with one attached hydrogen (secondary N) is 1. The second-order valence-electron chi connectivity index (χ2n) is 12.6. The van der Waals surface area contributed by atoms with Crippen molar-refractivity contribution in [3.8, 4) is 0 Å². The summed E-state index contributed by atoms with van der Waals surface area (Å²) in [5.74, 6) is 0.635. The van der Waals surface area contributed by atoms with Crippen molar-refractivity contribution in [2.24, 2.45) is 0 Å². The molecule has 0 unspecified atom stereocenters. The lowest BCUT2D eigenvalue weighted by Gasteiger charge is -2.34. The molecule has 51 heavy (non-hydrogen) atoms. The van der Waals surface area contributed by atoms with Gasteiger partial charge in [0.1, 0.15) is 15.9 Å². The molecule has 0 amide bonds. The molecule has 4 aliphatic heterocycles. The normalized spacial score (nSPS) is 22.0. The molecule has 4 bridgehead atoms. The van der Waals surface area contributed by atoms with Crippen molar-refractivity contribution in [2.75, 3.05) is 47.0 Å². The van der Waals surface area contributed by atoms with Crippen molar-refractivity contribution in [1.82, 2.24) is 29.9 Å². The molecule has 0 saturated carbocycles. The number of anilines is 5. The molecule has 2 aromatic carbocycles. The van der Waals surface area contributed by atoms with Crippen LogP contribution in [0, 0.1) is 0 Å². The number of hydrogen-bond donors (Lipinski definition) is 2. The molecule has 0 radical (unpaired) electrons. The lowest BCUT2D eigenvalue weighted by Crippen LogP contribution is -2.42. The Morgan fingerprint density at radius 1 is 0.667 bits per heavy atom. The Labute approximate surface area is 316 Å². The van der Waals surface area contributed by atoms with Gasteiger partial charge >= 0.3 is 0 Å². The van der Waals surface area contributed by atoms with Crippen LogP contribution in [0.4, 0.5) is 28.6 Å². The minimum Gasteiger partial charge on any atom is -0.399 e. The third-order valence-corrected chi connectivity index (χ3v) is 11.1. The van der Waals surface area contributed by atoms with Crippen molar-refractivity contribution in [3.05, 3.63) is 75.3 Å². The van der Waals surface area contributed by atoms with Gasteiger partial charge in [0, 0.05) is 48.9 Å². The summed E-state index contributed by atoms with van der Waals surface area (Å²) in [4.78, 5) is 30.8. The third kappa shape index (κ3) is 8.07. The summed E-state index contributed by atoms with van der Waals surface area (Å²) < 4.78 is 11.7. The standard InChI is InChI=1S/C17H16ClN5OS.C12H16N2O.C5HCl2N3S/c18-17-21-15(14-16(22-17)25-9-19-14)20-10-2-1-3-11(6-10)23-7-12-4-5-13(8-23)24-12;13-9-2-1-3-10(6-9)14-7-11-4-5-12(8-14)15-11;6-3-2-4(11-1-8-2)10-5(7)9-3/h1-3,6,9,12-13H,4-5,7-8H2,(H,20,21,22);1-3,6,11-12H,4-5,7-8,13H2;1H/t12-,13+;11-,12+;. The Morgan fingerprint density at radius 3 is 1.80 bits per heavy atom. The second kappa shape index (κ2) is 15.2. The number of nitrogens with two attached hydrogens (primary N) is 1. The summed E-state index contributed by atoms with van der Waals surface area (Å²) in [5, 5.41) is 4.03. The molecule has 4 aromatic heterocycles. The summed E-state index contributed by atoms with van der Waals surface area (Å²) in [6.07, 6.45) is 6.36. The van der Waals surface area contributed by atoms with E-state index in [-0.39, 0.29) is 10.6 Å². The van der Waals surface area contributed by atoms with Crippen LogP contribution in [0.3, 0.4) is 0 Å². The van der Waals surface area contributed by atoms with Gasteiger partial charge in [-0.2, -0.15) is 4.98 Å². The fraction of sp³-hybridized carbons (Fsp3) is 0.353. The van der Waals surface area contributed by atoms with Crippen molar-refractivity contribution in [3.63, 3.8) is 0 Å². The zero-order valence-corrected chi connectivity index (χ0v) is 31.1. The van der Waals surface area contributed by atoms with E-state index in [0.29, 0.717) is 40.9 Å². The molecule has 10 rings (SSSR count). The number of hydrogen-bond acceptors (Lipinski definition) is 14. The van der Waals surface area contributed by atoms with E-state index in [1.165, 1.54) is 59.7 Å². The molecule has 3 N–H and O–H groups in total. The maximum Gasteiger partial charge on any atom is 0.225 e. The number of morpholine rings is 2. The first-order valence-corrected chi connectivity index (χ1v) is 19.4. The number of aromatic nitrogens is 6. The number of fused-ring (bicyclic) bond motifs is 6. The fourth-order valence-corrected chi connectivity index (χ4v) is 8.89. The van der Waals surface area contributed by atoms with Gasteiger partial charge in [0.2, 0.25) is 10.6 Å². The first-order chi connectivity index (χ1) is 24.8. The summed E-state index contributed by atoms with van der Waals surface area (Å²) >= 11 is 20.1. The van der Waals surface area contributed by atoms with Gasteiger partial charge in [0.25, 0.3) is 0 Å². The van der Waals surface area contributed by atoms with Gasteiger partial charge in [-0.15, -0.1) is 22.7 Å². The Morgan fingerprint density at radius 2 is 1.20 bits per heavy atom. The van der Waals surface area contributed by atoms with Crippen LogP contribution in [-0.4, -0.2) is 80.5 Å². The van der Waals surface area contributed by atoms with Crippen LogP contribution in [0.5, 0.6) is 0 Å². The first-order valence-electron chi connectivity index (χ1n) is 16.6. The lowest BCUT2D eigenvalue weighted by atomic mass is 10.2. The molecular weight excluding hydrogens is 751 g/mol. The van der Waals surface area contributed by atoms with Crippen LogP contribution in [0.2, 0.25) is 15.7 Å². The number of thiazole rings is 2. The van der Waals surface area contributed by atoms with Gasteiger partial charge in [-0.25, -0.2) is 24.9 Å². The summed E-state index contributed by atoms with van der Waals surface area (Å²) in [6, 6.07) is 16.5. The molecule has 264 valence electrons. The van der Waals surface area contributed by atoms with Crippen LogP contribution in [0.15, 0.2) is 59.6 Å². The van der Waals surface area contributed by atoms with Gasteiger partial charge in [0.15, 0.2) is 15.8 Å². The fourth-order valence-electron chi connectivity index (χ4n) is 6.82. The molecule has 0 spiro atoms. The van der Waals surface area contributed by atoms with E-state index >= 15 is 0 Å². The SMILES string of the molecule is Clc1nc(Cl)c2ncsc2n1.Clc1nc(Nc2cccc(N3C[C@H]4CC[C@@H](C3)O4)c2)c2ncsc2n1.Nc1cccc(N2C[C@H]3CC[C@@H](C2)O3)c1. The number of nitrogen functional groups attached to an aromatic ring is 1. The molecule has 4 atom stereocenters. The van der Waals surface area contributed by atoms with E-state index in [1.807, 2.05) is 24.3 Å². The molecule has 4 fully saturated rings. The van der Waals surface area contributed by atoms with Crippen molar-refractivity contribution in [2.45, 2.75) is 50.1 Å². The number of benzene rings is 2. The van der Waals surface area contributed by atoms with E-state index in [0.717, 1.165) is 52.7 Å². The molecule has 0 aliphatic carbocycles. The van der Waals surface area contributed by atoms with Gasteiger partial charge in [-0.05, 0) is 85.3 Å². The monoisotopic (exact) mass is 782 g/mol. The Balaban J connectivity index is 0.000000122. The lowest BCUT2D eigenvalue weighted by molar-refractivity contribution is 0.0303. The zero-order valence-electron chi connectivity index (χ0n) is 27.2. The third-order valence-electron chi connectivity index (χ3n) is 9.10. The predicted octanol–water partition coefficient (Wildman–Crippen LogP) is 7.88. The summed E-state index contributed by atoms with van der Waals surface area (Å²) in [7, 11) is 0. The summed E-state index contributed by atoms with van der Waals surface area (Å²) in [5.41, 5.74) is 14.8. The van der Waals surface area contributed by atoms with Gasteiger partial charge in [-0.3, -0.25) is 0 Å². The van der Waals surface area contributed by atoms with Crippen LogP contribution >= 0.6 is 57.5 Å². The Bertz CT molecular complexity index is 2130. The molecule has 6 aromatic rings. The van der Waals surface area contributed by atoms with E-state index < -0.39 is 0 Å². The van der Waals surface area contributed by atoms with Crippen molar-refractivity contribution < 1.29 is 9.47 Å². The molecule has 4 saturated heterocycles. The molecular formula is C34H33Cl3N10O2S2. The van der Waals surface area contributed by atoms with E-state index in [1.54, 1.807) is 11.0 Å². The average molecular weight is 784 g/mol. The minimum absolute atomic E-state index is 0.159. The molecule has 4 aliphatic rings. The highest BCUT2D eigenvalue weighted by Gasteiger charge is 2.34. The smallest absolute Gasteiger partial charge is 0.225 e. The topological polar surface area (TPSA) is 140 Å². The molecule has 8 heterocycles. The number of rotatable bonds is 4. The van der Waals surface area contributed by atoms with Crippen molar-refractivity contribution in [1.29, 1.82) is 0 Å². The first kappa shape index (κ1) is 34.5. The van der Waals surface area contributed by atoms with Crippen LogP contribution in [-0.2, 0) is 9.47 Å². The highest BCUT2D eigenvalue weighted by Crippen LogP contribution is 2.33. The van der Waals surface area contributed by atoms with Crippen molar-refractivity contribution >= 4 is 107 Å². The van der Waals surface area contributed by atoms with E-state index in [9.17, 15) is 0 Å². The number of nitrogens with zero attached hydrogens (tertiary/aromatic N) is 8. The van der Waals surface area contributed by atoms with Gasteiger partial charge in [0.05, 0.1) is 35.4 Å². The Hall–Kier alpha value is -3.63. The minimum atomic E-state index is 0.159. The average Bonchev–Trinajstić information content (AvgIpc) is 3.93. The maximum absolute atomic E-state index is 6.03. The van der Waals surface area contributed by atoms with E-state index in [2.05, 4.69) is 69.3 Å². The van der Waals surface area contributed by atoms with E-state index in [4.69, 9.17) is 50.0 Å². The molecule has 12 nitrogen and oxygen atoms in total. The Kier molecular flexibility index (Phi) is 10.2. The van der Waals surface area contributed by atoms with Crippen LogP contribution in [0.25, 0.3) is 20.7 Å². The van der Waals surface area contributed by atoms with Crippen LogP contribution in [0.1, 0.15) is 25.7 Å². The van der Waals surface area contributed by atoms with Gasteiger partial charge in [-0.1, -0.05) is 23.7 Å². The largest absolute Gasteiger partial charge is 0.399 e. The molecule has 17 heteroatoms. The highest BCUT2D eigenvalue weighted by atomic mass is 35.5. The predicted molar refractivity (Wildman–Crippen MR) is 206 cm³/mol. The quantitative estimate of drug-likeness (QED) is 0.102. The second-order valence-corrected chi connectivity index (χ2v) is 15.3. The zero-order chi connectivity index (χ0) is 34.9. The van der Waals surface area contributed by atoms with Gasteiger partial charge < -0.3 is 30.3 Å². The maximum atomic E-state index is 6.03. The van der Waals surface area contributed by atoms with Crippen LogP contribution < -0.4 is 20.9 Å². The summed E-state index contributed by atoms with van der Waals surface area (Å²) in [6.45, 7) is 3.94. The number of halogens is 3. The number of ether oxygens (including phenoxy) is 2.